The molecular formula is C15H16N4O4S2. The van der Waals surface area contributed by atoms with Gasteiger partial charge in [0.25, 0.3) is 11.8 Å². The third-order valence-electron chi connectivity index (χ3n) is 4.05. The number of hydrogen-bond acceptors (Lipinski definition) is 7. The van der Waals surface area contributed by atoms with E-state index in [9.17, 15) is 19.7 Å². The second kappa shape index (κ2) is 6.90. The zero-order chi connectivity index (χ0) is 18.1. The number of hydrogen-bond donors (Lipinski definition) is 2. The van der Waals surface area contributed by atoms with Crippen LogP contribution in [0.25, 0.3) is 0 Å². The van der Waals surface area contributed by atoms with Crippen LogP contribution in [0.15, 0.2) is 12.1 Å². The van der Waals surface area contributed by atoms with E-state index in [1.54, 1.807) is 0 Å². The summed E-state index contributed by atoms with van der Waals surface area (Å²) < 4.78 is 0. The fourth-order valence-electron chi connectivity index (χ4n) is 2.79. The minimum Gasteiger partial charge on any atom is -0.365 e. The number of rotatable bonds is 5. The predicted molar refractivity (Wildman–Crippen MR) is 96.4 cm³/mol. The second-order valence-corrected chi connectivity index (χ2v) is 7.71. The number of carbonyl (C=O) groups is 2. The molecule has 132 valence electrons. The van der Waals surface area contributed by atoms with Gasteiger partial charge in [-0.1, -0.05) is 18.3 Å². The summed E-state index contributed by atoms with van der Waals surface area (Å²) in [5.74, 6) is -1.05. The van der Waals surface area contributed by atoms with Crippen LogP contribution in [0.3, 0.4) is 0 Å². The molecule has 0 aromatic carbocycles. The molecule has 1 aliphatic heterocycles. The van der Waals surface area contributed by atoms with Gasteiger partial charge in [-0.2, -0.15) is 0 Å². The molecule has 8 nitrogen and oxygen atoms in total. The van der Waals surface area contributed by atoms with Crippen LogP contribution in [-0.2, 0) is 13.0 Å². The monoisotopic (exact) mass is 380 g/mol. The fraction of sp³-hybridized carbons (Fsp3) is 0.333. The van der Waals surface area contributed by atoms with Crippen molar-refractivity contribution in [2.75, 3.05) is 18.4 Å². The molecular weight excluding hydrogens is 364 g/mol. The van der Waals surface area contributed by atoms with Gasteiger partial charge in [0.05, 0.1) is 15.4 Å². The number of nitrogens with zero attached hydrogens (tertiary/aromatic N) is 2. The first-order chi connectivity index (χ1) is 11.9. The third kappa shape index (κ3) is 3.41. The molecule has 0 radical (unpaired) electrons. The number of thiophene rings is 2. The van der Waals surface area contributed by atoms with E-state index in [1.807, 2.05) is 0 Å². The highest BCUT2D eigenvalue weighted by Gasteiger charge is 2.27. The first-order valence-electron chi connectivity index (χ1n) is 7.63. The summed E-state index contributed by atoms with van der Waals surface area (Å²) in [4.78, 5) is 38.0. The molecule has 2 aromatic rings. The van der Waals surface area contributed by atoms with Gasteiger partial charge in [-0.15, -0.1) is 11.3 Å². The predicted octanol–water partition coefficient (Wildman–Crippen LogP) is 2.45. The van der Waals surface area contributed by atoms with Crippen LogP contribution in [0.2, 0.25) is 0 Å². The Kier molecular flexibility index (Phi) is 4.84. The van der Waals surface area contributed by atoms with Crippen LogP contribution in [-0.4, -0.2) is 34.7 Å². The Bertz CT molecular complexity index is 858. The minimum absolute atomic E-state index is 0.107. The van der Waals surface area contributed by atoms with Crippen LogP contribution in [0.1, 0.15) is 37.4 Å². The second-order valence-electron chi connectivity index (χ2n) is 5.54. The van der Waals surface area contributed by atoms with Gasteiger partial charge in [0.2, 0.25) is 0 Å². The van der Waals surface area contributed by atoms with Gasteiger partial charge in [-0.3, -0.25) is 24.6 Å². The van der Waals surface area contributed by atoms with Crippen LogP contribution in [0.4, 0.5) is 10.0 Å². The van der Waals surface area contributed by atoms with E-state index in [0.29, 0.717) is 17.0 Å². The molecule has 3 N–H and O–H groups in total. The Morgan fingerprint density at radius 3 is 2.76 bits per heavy atom. The summed E-state index contributed by atoms with van der Waals surface area (Å²) in [6.45, 7) is 4.53. The fourth-order valence-corrected chi connectivity index (χ4v) is 4.79. The summed E-state index contributed by atoms with van der Waals surface area (Å²) >= 11 is 2.13. The van der Waals surface area contributed by atoms with Gasteiger partial charge in [0, 0.05) is 24.0 Å². The van der Waals surface area contributed by atoms with Gasteiger partial charge in [0.1, 0.15) is 5.00 Å². The summed E-state index contributed by atoms with van der Waals surface area (Å²) in [5.41, 5.74) is 6.78. The Hall–Kier alpha value is -2.30. The van der Waals surface area contributed by atoms with E-state index in [-0.39, 0.29) is 9.88 Å². The van der Waals surface area contributed by atoms with Crippen molar-refractivity contribution < 1.29 is 14.5 Å². The maximum Gasteiger partial charge on any atom is 0.324 e. The highest BCUT2D eigenvalue weighted by molar-refractivity contribution is 7.18. The van der Waals surface area contributed by atoms with Crippen molar-refractivity contribution in [1.82, 2.24) is 4.90 Å². The standard InChI is InChI=1S/C15H16N4O4S2/c1-2-18-6-5-8-10(7-18)25-15(12(8)13(16)20)17-14(21)9-3-4-11(24-9)19(22)23/h3-4H,2,5-7H2,1H3,(H2,16,20)(H,17,21). The molecule has 2 amide bonds. The number of amides is 2. The first kappa shape index (κ1) is 17.5. The molecule has 25 heavy (non-hydrogen) atoms. The SMILES string of the molecule is CCN1CCc2c(sc(NC(=O)c3ccc([N+](=O)[O-])s3)c2C(N)=O)C1. The minimum atomic E-state index is -0.574. The average molecular weight is 380 g/mol. The van der Waals surface area contributed by atoms with E-state index in [4.69, 9.17) is 5.73 Å². The van der Waals surface area contributed by atoms with Crippen molar-refractivity contribution in [1.29, 1.82) is 0 Å². The molecule has 0 spiro atoms. The van der Waals surface area contributed by atoms with Crippen LogP contribution >= 0.6 is 22.7 Å². The van der Waals surface area contributed by atoms with Crippen molar-refractivity contribution in [3.05, 3.63) is 43.1 Å². The molecule has 1 aliphatic rings. The topological polar surface area (TPSA) is 119 Å². The van der Waals surface area contributed by atoms with E-state index in [2.05, 4.69) is 17.1 Å². The van der Waals surface area contributed by atoms with Gasteiger partial charge in [-0.25, -0.2) is 0 Å². The third-order valence-corrected chi connectivity index (χ3v) is 6.22. The number of anilines is 1. The Labute approximate surface area is 151 Å². The van der Waals surface area contributed by atoms with E-state index >= 15 is 0 Å². The molecule has 0 unspecified atom stereocenters. The Balaban J connectivity index is 1.89. The normalized spacial score (nSPS) is 14.1. The lowest BCUT2D eigenvalue weighted by molar-refractivity contribution is -0.380. The molecule has 0 saturated heterocycles. The molecule has 3 rings (SSSR count). The van der Waals surface area contributed by atoms with Crippen molar-refractivity contribution in [3.8, 4) is 0 Å². The summed E-state index contributed by atoms with van der Waals surface area (Å²) in [6.07, 6.45) is 0.707. The smallest absolute Gasteiger partial charge is 0.324 e. The van der Waals surface area contributed by atoms with Gasteiger partial charge >= 0.3 is 5.00 Å². The van der Waals surface area contributed by atoms with Crippen LogP contribution in [0.5, 0.6) is 0 Å². The van der Waals surface area contributed by atoms with Crippen molar-refractivity contribution in [3.63, 3.8) is 0 Å². The van der Waals surface area contributed by atoms with Crippen molar-refractivity contribution in [2.24, 2.45) is 5.73 Å². The number of carbonyl (C=O) groups excluding carboxylic acids is 2. The number of nitrogens with two attached hydrogens (primary N) is 1. The van der Waals surface area contributed by atoms with Crippen LogP contribution in [0, 0.1) is 10.1 Å². The van der Waals surface area contributed by atoms with E-state index in [1.165, 1.54) is 23.5 Å². The molecule has 10 heteroatoms. The quantitative estimate of drug-likeness (QED) is 0.610. The number of nitrogens with one attached hydrogen (secondary N) is 1. The highest BCUT2D eigenvalue weighted by Crippen LogP contribution is 2.37. The molecule has 0 atom stereocenters. The lowest BCUT2D eigenvalue weighted by Gasteiger charge is -2.25. The highest BCUT2D eigenvalue weighted by atomic mass is 32.1. The molecule has 0 fully saturated rings. The summed E-state index contributed by atoms with van der Waals surface area (Å²) in [6, 6.07) is 2.68. The van der Waals surface area contributed by atoms with Crippen molar-refractivity contribution >= 4 is 44.5 Å². The number of likely N-dealkylation sites (N-methyl/N-ethyl adjacent to an activating group) is 1. The maximum absolute atomic E-state index is 12.4. The lowest BCUT2D eigenvalue weighted by Crippen LogP contribution is -2.30. The summed E-state index contributed by atoms with van der Waals surface area (Å²) in [7, 11) is 0. The van der Waals surface area contributed by atoms with Crippen molar-refractivity contribution in [2.45, 2.75) is 19.9 Å². The van der Waals surface area contributed by atoms with Gasteiger partial charge in [0.15, 0.2) is 0 Å². The lowest BCUT2D eigenvalue weighted by atomic mass is 10.0. The van der Waals surface area contributed by atoms with Crippen LogP contribution < -0.4 is 11.1 Å². The largest absolute Gasteiger partial charge is 0.365 e. The van der Waals surface area contributed by atoms with Gasteiger partial charge < -0.3 is 11.1 Å². The van der Waals surface area contributed by atoms with E-state index in [0.717, 1.165) is 41.4 Å². The average Bonchev–Trinajstić information content (AvgIpc) is 3.18. The Morgan fingerprint density at radius 1 is 1.40 bits per heavy atom. The first-order valence-corrected chi connectivity index (χ1v) is 9.26. The zero-order valence-electron chi connectivity index (χ0n) is 13.4. The summed E-state index contributed by atoms with van der Waals surface area (Å²) in [5, 5.41) is 13.8. The maximum atomic E-state index is 12.4. The van der Waals surface area contributed by atoms with E-state index < -0.39 is 16.7 Å². The number of fused-ring (bicyclic) bond motifs is 1. The number of primary amides is 1. The zero-order valence-corrected chi connectivity index (χ0v) is 15.0. The molecule has 0 saturated carbocycles. The molecule has 0 bridgehead atoms. The number of nitro groups is 1. The van der Waals surface area contributed by atoms with Gasteiger partial charge in [-0.05, 0) is 24.6 Å². The molecule has 0 aliphatic carbocycles. The molecule has 2 aromatic heterocycles. The molecule has 3 heterocycles. The Morgan fingerprint density at radius 2 is 2.16 bits per heavy atom.